The van der Waals surface area contributed by atoms with Gasteiger partial charge in [-0.15, -0.1) is 0 Å². The van der Waals surface area contributed by atoms with Crippen LogP contribution in [-0.2, 0) is 4.79 Å². The number of benzene rings is 1. The number of aryl methyl sites for hydroxylation is 4. The van der Waals surface area contributed by atoms with Gasteiger partial charge in [-0.25, -0.2) is 4.98 Å². The van der Waals surface area contributed by atoms with Crippen molar-refractivity contribution >= 4 is 44.8 Å². The molecular formula is C23H27N3O4S. The Bertz CT molecular complexity index is 1220. The molecule has 0 saturated heterocycles. The highest BCUT2D eigenvalue weighted by molar-refractivity contribution is 7.17. The van der Waals surface area contributed by atoms with Crippen LogP contribution in [0.3, 0.4) is 0 Å². The summed E-state index contributed by atoms with van der Waals surface area (Å²) in [6.07, 6.45) is 1.51. The Kier molecular flexibility index (Phi) is 6.22. The van der Waals surface area contributed by atoms with E-state index in [4.69, 9.17) is 9.15 Å². The predicted molar refractivity (Wildman–Crippen MR) is 124 cm³/mol. The van der Waals surface area contributed by atoms with Crippen molar-refractivity contribution in [3.8, 4) is 5.75 Å². The van der Waals surface area contributed by atoms with Crippen LogP contribution >= 0.6 is 11.3 Å². The summed E-state index contributed by atoms with van der Waals surface area (Å²) in [5, 5.41) is 4.15. The molecule has 0 saturated carbocycles. The molecule has 0 fully saturated rings. The number of thiazole rings is 1. The Morgan fingerprint density at radius 2 is 1.87 bits per heavy atom. The SMILES string of the molecule is COc1c(/C(C)=C/C(=O)Nc2nc(C)c(C(=O)N(C)C)s2)cc2c(C)c(C)oc2c1C. The molecular weight excluding hydrogens is 414 g/mol. The number of aromatic nitrogens is 1. The van der Waals surface area contributed by atoms with Crippen LogP contribution < -0.4 is 10.1 Å². The number of ether oxygens (including phenoxy) is 1. The minimum atomic E-state index is -0.324. The van der Waals surface area contributed by atoms with E-state index in [9.17, 15) is 9.59 Å². The lowest BCUT2D eigenvalue weighted by Crippen LogP contribution is -2.21. The fraction of sp³-hybridized carbons (Fsp3) is 0.348. The van der Waals surface area contributed by atoms with E-state index in [0.29, 0.717) is 21.5 Å². The third-order valence-electron chi connectivity index (χ3n) is 5.25. The van der Waals surface area contributed by atoms with Gasteiger partial charge in [0, 0.05) is 36.7 Å². The van der Waals surface area contributed by atoms with E-state index in [2.05, 4.69) is 10.3 Å². The number of amides is 2. The lowest BCUT2D eigenvalue weighted by Gasteiger charge is -2.13. The fourth-order valence-electron chi connectivity index (χ4n) is 3.44. The molecule has 2 aromatic heterocycles. The molecule has 31 heavy (non-hydrogen) atoms. The number of methoxy groups -OCH3 is 1. The minimum Gasteiger partial charge on any atom is -0.496 e. The number of nitrogens with zero attached hydrogens (tertiary/aromatic N) is 2. The molecule has 3 rings (SSSR count). The minimum absolute atomic E-state index is 0.137. The van der Waals surface area contributed by atoms with E-state index >= 15 is 0 Å². The van der Waals surface area contributed by atoms with Gasteiger partial charge in [0.25, 0.3) is 5.91 Å². The first kappa shape index (κ1) is 22.6. The number of anilines is 1. The first-order chi connectivity index (χ1) is 14.5. The third kappa shape index (κ3) is 4.20. The van der Waals surface area contributed by atoms with Gasteiger partial charge in [0.1, 0.15) is 22.0 Å². The molecule has 2 heterocycles. The monoisotopic (exact) mass is 441 g/mol. The largest absolute Gasteiger partial charge is 0.496 e. The molecule has 0 spiro atoms. The van der Waals surface area contributed by atoms with Crippen molar-refractivity contribution in [1.82, 2.24) is 9.88 Å². The molecule has 164 valence electrons. The van der Waals surface area contributed by atoms with Crippen molar-refractivity contribution in [2.75, 3.05) is 26.5 Å². The molecule has 1 aromatic carbocycles. The van der Waals surface area contributed by atoms with Crippen molar-refractivity contribution in [2.45, 2.75) is 34.6 Å². The number of rotatable bonds is 5. The second-order valence-electron chi connectivity index (χ2n) is 7.69. The topological polar surface area (TPSA) is 84.7 Å². The lowest BCUT2D eigenvalue weighted by atomic mass is 9.98. The van der Waals surface area contributed by atoms with Crippen LogP contribution in [0.1, 0.15) is 44.7 Å². The summed E-state index contributed by atoms with van der Waals surface area (Å²) in [6, 6.07) is 1.99. The Hall–Kier alpha value is -3.13. The molecule has 0 aliphatic carbocycles. The van der Waals surface area contributed by atoms with E-state index in [1.54, 1.807) is 28.1 Å². The Labute approximate surface area is 185 Å². The normalized spacial score (nSPS) is 11.7. The third-order valence-corrected chi connectivity index (χ3v) is 6.31. The van der Waals surface area contributed by atoms with Crippen molar-refractivity contribution in [1.29, 1.82) is 0 Å². The molecule has 8 heteroatoms. The van der Waals surface area contributed by atoms with Crippen LogP contribution in [0.2, 0.25) is 0 Å². The molecule has 7 nitrogen and oxygen atoms in total. The summed E-state index contributed by atoms with van der Waals surface area (Å²) in [6.45, 7) is 9.51. The zero-order valence-electron chi connectivity index (χ0n) is 19.1. The lowest BCUT2D eigenvalue weighted by molar-refractivity contribution is -0.111. The Morgan fingerprint density at radius 1 is 1.19 bits per heavy atom. The molecule has 2 amide bonds. The number of carbonyl (C=O) groups is 2. The van der Waals surface area contributed by atoms with Gasteiger partial charge in [0.15, 0.2) is 5.13 Å². The molecule has 1 N–H and O–H groups in total. The summed E-state index contributed by atoms with van der Waals surface area (Å²) >= 11 is 1.16. The quantitative estimate of drug-likeness (QED) is 0.571. The molecule has 3 aromatic rings. The summed E-state index contributed by atoms with van der Waals surface area (Å²) in [7, 11) is 4.97. The number of hydrogen-bond donors (Lipinski definition) is 1. The number of fused-ring (bicyclic) bond motifs is 1. The van der Waals surface area contributed by atoms with Crippen molar-refractivity contribution in [3.63, 3.8) is 0 Å². The second kappa shape index (κ2) is 8.55. The zero-order chi connectivity index (χ0) is 23.0. The molecule has 0 unspecified atom stereocenters. The zero-order valence-corrected chi connectivity index (χ0v) is 19.9. The van der Waals surface area contributed by atoms with Crippen LogP contribution in [0.5, 0.6) is 5.75 Å². The molecule has 0 aliphatic heterocycles. The van der Waals surface area contributed by atoms with E-state index in [1.165, 1.54) is 11.0 Å². The van der Waals surface area contributed by atoms with Crippen LogP contribution in [0.15, 0.2) is 16.6 Å². The second-order valence-corrected chi connectivity index (χ2v) is 8.69. The average Bonchev–Trinajstić information content (AvgIpc) is 3.20. The van der Waals surface area contributed by atoms with Gasteiger partial charge in [-0.1, -0.05) is 11.3 Å². The van der Waals surface area contributed by atoms with E-state index in [-0.39, 0.29) is 11.8 Å². The molecule has 0 radical (unpaired) electrons. The molecule has 0 atom stereocenters. The number of hydrogen-bond acceptors (Lipinski definition) is 6. The van der Waals surface area contributed by atoms with E-state index in [0.717, 1.165) is 50.3 Å². The van der Waals surface area contributed by atoms with Crippen LogP contribution in [0.25, 0.3) is 16.5 Å². The summed E-state index contributed by atoms with van der Waals surface area (Å²) in [5.41, 5.74) is 4.91. The van der Waals surface area contributed by atoms with Crippen LogP contribution in [0.4, 0.5) is 5.13 Å². The smallest absolute Gasteiger partial charge is 0.265 e. The Balaban J connectivity index is 1.93. The summed E-state index contributed by atoms with van der Waals surface area (Å²) in [4.78, 5) is 31.2. The predicted octanol–water partition coefficient (Wildman–Crippen LogP) is 4.88. The van der Waals surface area contributed by atoms with E-state index in [1.807, 2.05) is 33.8 Å². The number of furan rings is 1. The Morgan fingerprint density at radius 3 is 2.48 bits per heavy atom. The summed E-state index contributed by atoms with van der Waals surface area (Å²) in [5.74, 6) is 1.07. The first-order valence-corrected chi connectivity index (χ1v) is 10.6. The van der Waals surface area contributed by atoms with Gasteiger partial charge in [0.05, 0.1) is 12.8 Å². The van der Waals surface area contributed by atoms with Gasteiger partial charge < -0.3 is 14.1 Å². The number of nitrogens with one attached hydrogen (secondary N) is 1. The van der Waals surface area contributed by atoms with Crippen molar-refractivity contribution < 1.29 is 18.7 Å². The van der Waals surface area contributed by atoms with Gasteiger partial charge >= 0.3 is 0 Å². The van der Waals surface area contributed by atoms with Crippen molar-refractivity contribution in [2.24, 2.45) is 0 Å². The van der Waals surface area contributed by atoms with Gasteiger partial charge in [0.2, 0.25) is 5.91 Å². The first-order valence-electron chi connectivity index (χ1n) is 9.81. The molecule has 0 bridgehead atoms. The van der Waals surface area contributed by atoms with Crippen LogP contribution in [-0.4, -0.2) is 42.9 Å². The highest BCUT2D eigenvalue weighted by Gasteiger charge is 2.20. The molecule has 0 aliphatic rings. The van der Waals surface area contributed by atoms with Crippen molar-refractivity contribution in [3.05, 3.63) is 45.2 Å². The maximum Gasteiger partial charge on any atom is 0.265 e. The highest BCUT2D eigenvalue weighted by atomic mass is 32.1. The maximum absolute atomic E-state index is 12.7. The van der Waals surface area contributed by atoms with Gasteiger partial charge in [-0.05, 0) is 51.8 Å². The van der Waals surface area contributed by atoms with Gasteiger partial charge in [-0.3, -0.25) is 14.9 Å². The fourth-order valence-corrected chi connectivity index (χ4v) is 4.43. The average molecular weight is 442 g/mol. The van der Waals surface area contributed by atoms with Crippen LogP contribution in [0, 0.1) is 27.7 Å². The maximum atomic E-state index is 12.7. The number of carbonyl (C=O) groups excluding carboxylic acids is 2. The standard InChI is InChI=1S/C23H27N3O4S/c1-11(9-18(27)25-23-24-14(4)21(31-23)22(28)26(6)7)16-10-17-12(2)15(5)30-20(17)13(3)19(16)29-8/h9-10H,1-8H3,(H,24,25,27)/b11-9+. The van der Waals surface area contributed by atoms with E-state index < -0.39 is 0 Å². The highest BCUT2D eigenvalue weighted by Crippen LogP contribution is 2.38. The summed E-state index contributed by atoms with van der Waals surface area (Å²) < 4.78 is 11.5. The number of allylic oxidation sites excluding steroid dienone is 1. The van der Waals surface area contributed by atoms with Gasteiger partial charge in [-0.2, -0.15) is 0 Å².